The van der Waals surface area contributed by atoms with Crippen molar-refractivity contribution < 1.29 is 37.7 Å². The van der Waals surface area contributed by atoms with Gasteiger partial charge in [-0.05, 0) is 56.1 Å². The third-order valence-electron chi connectivity index (χ3n) is 11.6. The Balaban J connectivity index is 1.41. The SMILES string of the molecule is CCCCCCCCOCC(=O)[C@@]12OC(CCC)O[C@@H]1C[C@H]1[C@@H]3C[C@H](F)C4=CC(=O)CC[C@]4(C)[C@@]3(F)[C@@H](O)C[C@@]12C. The molecule has 1 heterocycles. The highest BCUT2D eigenvalue weighted by molar-refractivity contribution is 5.92. The van der Waals surface area contributed by atoms with Gasteiger partial charge in [-0.25, -0.2) is 8.78 Å². The Bertz CT molecular complexity index is 1030. The van der Waals surface area contributed by atoms with E-state index in [0.29, 0.717) is 19.4 Å². The second-order valence-electron chi connectivity index (χ2n) is 13.9. The van der Waals surface area contributed by atoms with Crippen molar-refractivity contribution in [3.8, 4) is 0 Å². The van der Waals surface area contributed by atoms with E-state index in [-0.39, 0.29) is 49.4 Å². The van der Waals surface area contributed by atoms with Crippen molar-refractivity contribution in [1.82, 2.24) is 0 Å². The van der Waals surface area contributed by atoms with E-state index in [9.17, 15) is 14.7 Å². The summed E-state index contributed by atoms with van der Waals surface area (Å²) in [7, 11) is 0. The Hall–Kier alpha value is -1.22. The predicted octanol–water partition coefficient (Wildman–Crippen LogP) is 6.37. The number of carbonyl (C=O) groups excluding carboxylic acids is 2. The van der Waals surface area contributed by atoms with Gasteiger partial charge in [0.1, 0.15) is 18.4 Å². The summed E-state index contributed by atoms with van der Waals surface area (Å²) in [4.78, 5) is 26.3. The molecule has 8 heteroatoms. The van der Waals surface area contributed by atoms with Crippen LogP contribution in [0.15, 0.2) is 11.6 Å². The van der Waals surface area contributed by atoms with Crippen molar-refractivity contribution in [2.75, 3.05) is 13.2 Å². The predicted molar refractivity (Wildman–Crippen MR) is 151 cm³/mol. The molecule has 4 aliphatic carbocycles. The van der Waals surface area contributed by atoms with Crippen LogP contribution in [-0.2, 0) is 23.8 Å². The Morgan fingerprint density at radius 3 is 2.56 bits per heavy atom. The van der Waals surface area contributed by atoms with Crippen LogP contribution in [0.3, 0.4) is 0 Å². The van der Waals surface area contributed by atoms with E-state index in [0.717, 1.165) is 25.7 Å². The standard InChI is InChI=1S/C33H50F2O6/c1-5-7-8-9-10-11-15-39-20-27(38)33-28(40-29(41-33)12-6-2)18-22-23-17-25(34)24-16-21(36)13-14-30(24,3)32(23,35)26(37)19-31(22,33)4/h16,22-23,25-26,28-29,37H,5-15,17-20H2,1-4H3/t22-,23-,25-,26-,28+,29?,30-,31-,32-,33+/m0/s1. The minimum atomic E-state index is -2.12. The number of Topliss-reactive ketones (excluding diaryl/α,β-unsaturated/α-hetero) is 1. The first-order valence-corrected chi connectivity index (χ1v) is 16.2. The normalized spacial score (nSPS) is 45.0. The smallest absolute Gasteiger partial charge is 0.193 e. The van der Waals surface area contributed by atoms with Crippen LogP contribution >= 0.6 is 0 Å². The summed E-state index contributed by atoms with van der Waals surface area (Å²) in [6.07, 6.45) is 5.86. The Morgan fingerprint density at radius 1 is 1.10 bits per heavy atom. The summed E-state index contributed by atoms with van der Waals surface area (Å²) in [6, 6.07) is 0. The third-order valence-corrected chi connectivity index (χ3v) is 11.6. The first-order chi connectivity index (χ1) is 19.5. The molecule has 0 bridgehead atoms. The van der Waals surface area contributed by atoms with Gasteiger partial charge >= 0.3 is 0 Å². The minimum absolute atomic E-state index is 0.000307. The van der Waals surface area contributed by atoms with Gasteiger partial charge in [0.25, 0.3) is 0 Å². The average Bonchev–Trinajstić information content (AvgIpc) is 3.41. The van der Waals surface area contributed by atoms with Gasteiger partial charge < -0.3 is 19.3 Å². The van der Waals surface area contributed by atoms with E-state index in [1.54, 1.807) is 6.92 Å². The van der Waals surface area contributed by atoms with Crippen molar-refractivity contribution in [3.63, 3.8) is 0 Å². The Morgan fingerprint density at radius 2 is 1.83 bits per heavy atom. The number of carbonyl (C=O) groups is 2. The molecule has 5 aliphatic rings. The molecule has 0 radical (unpaired) electrons. The lowest BCUT2D eigenvalue weighted by Crippen LogP contribution is -2.71. The lowest BCUT2D eigenvalue weighted by Gasteiger charge is -2.64. The number of alkyl halides is 2. The summed E-state index contributed by atoms with van der Waals surface area (Å²) in [6.45, 7) is 8.14. The van der Waals surface area contributed by atoms with E-state index >= 15 is 8.78 Å². The highest BCUT2D eigenvalue weighted by atomic mass is 19.1. The number of hydrogen-bond donors (Lipinski definition) is 1. The summed E-state index contributed by atoms with van der Waals surface area (Å²) in [5.74, 6) is -1.68. The van der Waals surface area contributed by atoms with E-state index in [4.69, 9.17) is 14.2 Å². The Kier molecular flexibility index (Phi) is 8.91. The van der Waals surface area contributed by atoms with Crippen LogP contribution in [0.5, 0.6) is 0 Å². The summed E-state index contributed by atoms with van der Waals surface area (Å²) in [5.41, 5.74) is -5.57. The number of ether oxygens (including phenoxy) is 3. The van der Waals surface area contributed by atoms with Crippen molar-refractivity contribution in [1.29, 1.82) is 0 Å². The fourth-order valence-electron chi connectivity index (χ4n) is 9.50. The molecule has 0 aromatic carbocycles. The molecular weight excluding hydrogens is 530 g/mol. The number of ketones is 2. The summed E-state index contributed by atoms with van der Waals surface area (Å²) < 4.78 is 52.2. The maximum atomic E-state index is 17.6. The van der Waals surface area contributed by atoms with Gasteiger partial charge in [-0.2, -0.15) is 0 Å². The number of aliphatic hydroxyl groups excluding tert-OH is 1. The number of hydrogen-bond acceptors (Lipinski definition) is 6. The third kappa shape index (κ3) is 4.69. The van der Waals surface area contributed by atoms with Crippen LogP contribution in [0.4, 0.5) is 8.78 Å². The first kappa shape index (κ1) is 31.2. The van der Waals surface area contributed by atoms with Crippen LogP contribution in [0.2, 0.25) is 0 Å². The lowest BCUT2D eigenvalue weighted by molar-refractivity contribution is -0.242. The van der Waals surface area contributed by atoms with E-state index in [1.807, 2.05) is 13.8 Å². The molecule has 5 rings (SSSR count). The monoisotopic (exact) mass is 580 g/mol. The molecule has 10 atom stereocenters. The molecule has 4 fully saturated rings. The van der Waals surface area contributed by atoms with Crippen molar-refractivity contribution in [3.05, 3.63) is 11.6 Å². The number of allylic oxidation sites excluding steroid dienone is 1. The molecule has 0 aromatic rings. The van der Waals surface area contributed by atoms with Crippen LogP contribution in [-0.4, -0.2) is 65.8 Å². The van der Waals surface area contributed by atoms with Crippen LogP contribution in [0, 0.1) is 22.7 Å². The van der Waals surface area contributed by atoms with E-state index < -0.39 is 58.6 Å². The number of rotatable bonds is 12. The highest BCUT2D eigenvalue weighted by Crippen LogP contribution is 2.72. The lowest BCUT2D eigenvalue weighted by atomic mass is 9.43. The molecule has 0 amide bonds. The maximum absolute atomic E-state index is 17.6. The van der Waals surface area contributed by atoms with E-state index in [2.05, 4.69) is 6.92 Å². The molecule has 41 heavy (non-hydrogen) atoms. The molecule has 0 spiro atoms. The van der Waals surface area contributed by atoms with Crippen LogP contribution < -0.4 is 0 Å². The summed E-state index contributed by atoms with van der Waals surface area (Å²) in [5, 5.41) is 11.7. The topological polar surface area (TPSA) is 82.1 Å². The molecule has 6 nitrogen and oxygen atoms in total. The summed E-state index contributed by atoms with van der Waals surface area (Å²) >= 11 is 0. The molecule has 232 valence electrons. The highest BCUT2D eigenvalue weighted by Gasteiger charge is 2.80. The largest absolute Gasteiger partial charge is 0.390 e. The number of aliphatic hydroxyl groups is 1. The first-order valence-electron chi connectivity index (χ1n) is 16.2. The molecular formula is C33H50F2O6. The van der Waals surface area contributed by atoms with Gasteiger partial charge in [0.2, 0.25) is 0 Å². The van der Waals surface area contributed by atoms with Gasteiger partial charge in [-0.1, -0.05) is 66.2 Å². The zero-order chi connectivity index (χ0) is 29.6. The number of fused-ring (bicyclic) bond motifs is 7. The fourth-order valence-corrected chi connectivity index (χ4v) is 9.50. The average molecular weight is 581 g/mol. The van der Waals surface area contributed by atoms with Crippen LogP contribution in [0.1, 0.15) is 111 Å². The molecule has 1 N–H and O–H groups in total. The zero-order valence-electron chi connectivity index (χ0n) is 25.4. The van der Waals surface area contributed by atoms with Gasteiger partial charge in [0, 0.05) is 29.8 Å². The fraction of sp³-hybridized carbons (Fsp3) is 0.879. The minimum Gasteiger partial charge on any atom is -0.390 e. The maximum Gasteiger partial charge on any atom is 0.193 e. The zero-order valence-corrected chi connectivity index (χ0v) is 25.4. The van der Waals surface area contributed by atoms with Gasteiger partial charge in [-0.15, -0.1) is 0 Å². The second kappa shape index (κ2) is 11.7. The molecule has 0 aromatic heterocycles. The number of halogens is 2. The second-order valence-corrected chi connectivity index (χ2v) is 13.9. The molecule has 1 unspecified atom stereocenters. The van der Waals surface area contributed by atoms with Crippen molar-refractivity contribution in [2.24, 2.45) is 22.7 Å². The molecule has 3 saturated carbocycles. The quantitative estimate of drug-likeness (QED) is 0.270. The Labute approximate surface area is 243 Å². The molecule has 1 saturated heterocycles. The van der Waals surface area contributed by atoms with Gasteiger partial charge in [0.05, 0.1) is 12.2 Å². The number of unbranched alkanes of at least 4 members (excludes halogenated alkanes) is 5. The van der Waals surface area contributed by atoms with Gasteiger partial charge in [0.15, 0.2) is 23.5 Å². The molecule has 1 aliphatic heterocycles. The van der Waals surface area contributed by atoms with Crippen molar-refractivity contribution >= 4 is 11.6 Å². The van der Waals surface area contributed by atoms with E-state index in [1.165, 1.54) is 25.3 Å². The van der Waals surface area contributed by atoms with Gasteiger partial charge in [-0.3, -0.25) is 9.59 Å². The van der Waals surface area contributed by atoms with Crippen molar-refractivity contribution in [2.45, 2.75) is 147 Å². The van der Waals surface area contributed by atoms with Crippen LogP contribution in [0.25, 0.3) is 0 Å².